The second-order valence-corrected chi connectivity index (χ2v) is 10.6. The van der Waals surface area contributed by atoms with Crippen LogP contribution in [-0.2, 0) is 0 Å². The van der Waals surface area contributed by atoms with Gasteiger partial charge in [-0.25, -0.2) is 4.98 Å². The standard InChI is InChI=1S/C28H30N2S/c1-16(2)20-13-21(17(3)4)27(22(14-20)18(5)6)19-11-12-26-25(15-19)30-24-10-8-7-9-23(24)29-28(30)31-26/h7-18H,1-6H3. The summed E-state index contributed by atoms with van der Waals surface area (Å²) in [6, 6.07) is 20.3. The van der Waals surface area contributed by atoms with E-state index in [2.05, 4.69) is 101 Å². The average molecular weight is 427 g/mol. The molecule has 0 unspecified atom stereocenters. The van der Waals surface area contributed by atoms with Crippen LogP contribution in [-0.4, -0.2) is 9.38 Å². The highest BCUT2D eigenvalue weighted by atomic mass is 32.1. The van der Waals surface area contributed by atoms with E-state index in [1.165, 1.54) is 43.6 Å². The molecule has 5 aromatic rings. The Labute approximate surface area is 188 Å². The highest BCUT2D eigenvalue weighted by Gasteiger charge is 2.20. The van der Waals surface area contributed by atoms with E-state index in [1.54, 1.807) is 11.3 Å². The monoisotopic (exact) mass is 426 g/mol. The summed E-state index contributed by atoms with van der Waals surface area (Å²) >= 11 is 1.77. The Morgan fingerprint density at radius 1 is 0.742 bits per heavy atom. The zero-order valence-corrected chi connectivity index (χ0v) is 20.0. The van der Waals surface area contributed by atoms with Crippen molar-refractivity contribution >= 4 is 37.5 Å². The maximum atomic E-state index is 4.86. The molecule has 0 fully saturated rings. The minimum Gasteiger partial charge on any atom is -0.283 e. The van der Waals surface area contributed by atoms with E-state index in [0.717, 1.165) is 10.5 Å². The topological polar surface area (TPSA) is 17.3 Å². The molecule has 2 aromatic heterocycles. The summed E-state index contributed by atoms with van der Waals surface area (Å²) in [6.45, 7) is 13.9. The van der Waals surface area contributed by atoms with Gasteiger partial charge in [0, 0.05) is 0 Å². The van der Waals surface area contributed by atoms with Gasteiger partial charge in [-0.2, -0.15) is 0 Å². The van der Waals surface area contributed by atoms with Gasteiger partial charge in [-0.15, -0.1) is 0 Å². The van der Waals surface area contributed by atoms with E-state index in [4.69, 9.17) is 4.98 Å². The highest BCUT2D eigenvalue weighted by molar-refractivity contribution is 7.23. The van der Waals surface area contributed by atoms with Crippen molar-refractivity contribution in [3.05, 3.63) is 71.3 Å². The molecule has 0 N–H and O–H groups in total. The number of hydrogen-bond acceptors (Lipinski definition) is 2. The van der Waals surface area contributed by atoms with Crippen LogP contribution in [0.5, 0.6) is 0 Å². The van der Waals surface area contributed by atoms with Crippen molar-refractivity contribution in [3.63, 3.8) is 0 Å². The van der Waals surface area contributed by atoms with Crippen molar-refractivity contribution in [1.29, 1.82) is 0 Å². The van der Waals surface area contributed by atoms with Gasteiger partial charge in [0.1, 0.15) is 0 Å². The molecule has 0 amide bonds. The van der Waals surface area contributed by atoms with Crippen LogP contribution < -0.4 is 0 Å². The number of fused-ring (bicyclic) bond motifs is 5. The quantitative estimate of drug-likeness (QED) is 0.281. The van der Waals surface area contributed by atoms with Gasteiger partial charge in [0.25, 0.3) is 0 Å². The number of aromatic nitrogens is 2. The fourth-order valence-electron chi connectivity index (χ4n) is 4.63. The zero-order valence-electron chi connectivity index (χ0n) is 19.2. The Morgan fingerprint density at radius 2 is 1.42 bits per heavy atom. The number of rotatable bonds is 4. The van der Waals surface area contributed by atoms with Crippen molar-refractivity contribution in [2.24, 2.45) is 0 Å². The lowest BCUT2D eigenvalue weighted by molar-refractivity contribution is 0.807. The van der Waals surface area contributed by atoms with Crippen LogP contribution >= 0.6 is 11.3 Å². The number of hydrogen-bond donors (Lipinski definition) is 0. The van der Waals surface area contributed by atoms with Gasteiger partial charge in [-0.3, -0.25) is 4.40 Å². The molecule has 3 aromatic carbocycles. The zero-order chi connectivity index (χ0) is 21.9. The molecular formula is C28H30N2S. The minimum absolute atomic E-state index is 0.471. The third-order valence-electron chi connectivity index (χ3n) is 6.35. The Morgan fingerprint density at radius 3 is 2.06 bits per heavy atom. The molecule has 2 nitrogen and oxygen atoms in total. The Balaban J connectivity index is 1.83. The normalized spacial score (nSPS) is 12.4. The summed E-state index contributed by atoms with van der Waals surface area (Å²) in [5.74, 6) is 1.47. The molecule has 0 aliphatic carbocycles. The van der Waals surface area contributed by atoms with E-state index in [0.29, 0.717) is 17.8 Å². The van der Waals surface area contributed by atoms with Gasteiger partial charge in [0.2, 0.25) is 0 Å². The van der Waals surface area contributed by atoms with Gasteiger partial charge >= 0.3 is 0 Å². The molecule has 0 radical (unpaired) electrons. The summed E-state index contributed by atoms with van der Waals surface area (Å²) in [4.78, 5) is 5.93. The van der Waals surface area contributed by atoms with Crippen LogP contribution in [0.25, 0.3) is 37.3 Å². The van der Waals surface area contributed by atoms with E-state index in [9.17, 15) is 0 Å². The first-order chi connectivity index (χ1) is 14.8. The van der Waals surface area contributed by atoms with Crippen molar-refractivity contribution in [2.45, 2.75) is 59.3 Å². The Hall–Kier alpha value is -2.65. The van der Waals surface area contributed by atoms with Crippen LogP contribution in [0.4, 0.5) is 0 Å². The molecule has 0 saturated carbocycles. The molecule has 158 valence electrons. The third kappa shape index (κ3) is 3.27. The molecular weight excluding hydrogens is 396 g/mol. The van der Waals surface area contributed by atoms with Crippen LogP contribution in [0, 0.1) is 0 Å². The van der Waals surface area contributed by atoms with Gasteiger partial charge in [-0.05, 0) is 69.8 Å². The molecule has 31 heavy (non-hydrogen) atoms. The lowest BCUT2D eigenvalue weighted by Crippen LogP contribution is -2.03. The Bertz CT molecular complexity index is 1390. The minimum atomic E-state index is 0.471. The molecule has 0 spiro atoms. The van der Waals surface area contributed by atoms with Gasteiger partial charge in [0.15, 0.2) is 4.96 Å². The van der Waals surface area contributed by atoms with Crippen LogP contribution in [0.1, 0.15) is 76.0 Å². The fourth-order valence-corrected chi connectivity index (χ4v) is 5.65. The number of imidazole rings is 1. The first-order valence-corrected chi connectivity index (χ1v) is 12.1. The van der Waals surface area contributed by atoms with Gasteiger partial charge < -0.3 is 0 Å². The predicted molar refractivity (Wildman–Crippen MR) is 136 cm³/mol. The van der Waals surface area contributed by atoms with Crippen LogP contribution in [0.15, 0.2) is 54.6 Å². The number of benzene rings is 3. The molecule has 0 saturated heterocycles. The molecule has 3 heteroatoms. The van der Waals surface area contributed by atoms with E-state index in [-0.39, 0.29) is 0 Å². The summed E-state index contributed by atoms with van der Waals surface area (Å²) in [6.07, 6.45) is 0. The molecule has 0 bridgehead atoms. The van der Waals surface area contributed by atoms with Crippen molar-refractivity contribution in [1.82, 2.24) is 9.38 Å². The van der Waals surface area contributed by atoms with Gasteiger partial charge in [0.05, 0.1) is 21.3 Å². The highest BCUT2D eigenvalue weighted by Crippen LogP contribution is 2.41. The van der Waals surface area contributed by atoms with Crippen LogP contribution in [0.3, 0.4) is 0 Å². The largest absolute Gasteiger partial charge is 0.283 e. The molecule has 0 aliphatic heterocycles. The van der Waals surface area contributed by atoms with Gasteiger partial charge in [-0.1, -0.05) is 83.2 Å². The predicted octanol–water partition coefficient (Wildman–Crippen LogP) is 8.74. The second kappa shape index (κ2) is 7.49. The summed E-state index contributed by atoms with van der Waals surface area (Å²) in [5.41, 5.74) is 10.6. The van der Waals surface area contributed by atoms with E-state index in [1.807, 2.05) is 0 Å². The maximum absolute atomic E-state index is 4.86. The number of nitrogens with zero attached hydrogens (tertiary/aromatic N) is 2. The fraction of sp³-hybridized carbons (Fsp3) is 0.321. The third-order valence-corrected chi connectivity index (χ3v) is 7.37. The lowest BCUT2D eigenvalue weighted by Gasteiger charge is -2.23. The Kier molecular flexibility index (Phi) is 4.90. The summed E-state index contributed by atoms with van der Waals surface area (Å²) in [7, 11) is 0. The first-order valence-electron chi connectivity index (χ1n) is 11.3. The molecule has 0 atom stereocenters. The number of para-hydroxylation sites is 2. The lowest BCUT2D eigenvalue weighted by atomic mass is 9.82. The smallest absolute Gasteiger partial charge is 0.195 e. The van der Waals surface area contributed by atoms with Crippen molar-refractivity contribution in [3.8, 4) is 11.1 Å². The van der Waals surface area contributed by atoms with Crippen molar-refractivity contribution < 1.29 is 0 Å². The van der Waals surface area contributed by atoms with Crippen molar-refractivity contribution in [2.75, 3.05) is 0 Å². The van der Waals surface area contributed by atoms with E-state index < -0.39 is 0 Å². The van der Waals surface area contributed by atoms with Crippen LogP contribution in [0.2, 0.25) is 0 Å². The second-order valence-electron chi connectivity index (χ2n) is 9.54. The molecule has 0 aliphatic rings. The maximum Gasteiger partial charge on any atom is 0.195 e. The number of thiazole rings is 1. The summed E-state index contributed by atoms with van der Waals surface area (Å²) < 4.78 is 3.61. The van der Waals surface area contributed by atoms with E-state index >= 15 is 0 Å². The summed E-state index contributed by atoms with van der Waals surface area (Å²) in [5, 5.41) is 0. The molecule has 5 rings (SSSR count). The average Bonchev–Trinajstić information content (AvgIpc) is 3.27. The first kappa shape index (κ1) is 20.3. The SMILES string of the molecule is CC(C)c1cc(C(C)C)c(-c2ccc3sc4nc5ccccc5n4c3c2)c(C(C)C)c1. The molecule has 2 heterocycles.